The Morgan fingerprint density at radius 1 is 1.27 bits per heavy atom. The lowest BCUT2D eigenvalue weighted by Gasteiger charge is -2.34. The Morgan fingerprint density at radius 2 is 1.86 bits per heavy atom. The van der Waals surface area contributed by atoms with Crippen LogP contribution in [-0.2, 0) is 28.5 Å². The van der Waals surface area contributed by atoms with E-state index in [1.807, 2.05) is 0 Å². The predicted molar refractivity (Wildman–Crippen MR) is 78.1 cm³/mol. The number of esters is 1. The normalized spacial score (nSPS) is 27.9. The van der Waals surface area contributed by atoms with Crippen LogP contribution in [0.15, 0.2) is 0 Å². The highest BCUT2D eigenvalue weighted by Gasteiger charge is 2.58. The zero-order valence-corrected chi connectivity index (χ0v) is 14.3. The van der Waals surface area contributed by atoms with Gasteiger partial charge in [-0.1, -0.05) is 0 Å². The van der Waals surface area contributed by atoms with Crippen LogP contribution in [0.25, 0.3) is 0 Å². The topological polar surface area (TPSA) is 83.5 Å². The molecule has 1 rings (SSSR count). The van der Waals surface area contributed by atoms with Crippen molar-refractivity contribution in [1.29, 1.82) is 0 Å². The molecule has 22 heavy (non-hydrogen) atoms. The monoisotopic (exact) mass is 320 g/mol. The molecule has 7 heteroatoms. The molecule has 1 fully saturated rings. The molecule has 0 unspecified atom stereocenters. The third kappa shape index (κ3) is 4.39. The van der Waals surface area contributed by atoms with Crippen LogP contribution in [0.3, 0.4) is 0 Å². The first kappa shape index (κ1) is 19.3. The molecular weight excluding hydrogens is 292 g/mol. The Morgan fingerprint density at radius 3 is 2.32 bits per heavy atom. The van der Waals surface area contributed by atoms with E-state index in [9.17, 15) is 9.90 Å². The second-order valence-corrected chi connectivity index (χ2v) is 6.00. The Hall–Kier alpha value is -0.730. The van der Waals surface area contributed by atoms with Crippen LogP contribution in [0.4, 0.5) is 0 Å². The third-order valence-electron chi connectivity index (χ3n) is 4.09. The van der Waals surface area contributed by atoms with Gasteiger partial charge in [-0.3, -0.25) is 4.79 Å². The summed E-state index contributed by atoms with van der Waals surface area (Å²) < 4.78 is 26.9. The largest absolute Gasteiger partial charge is 0.466 e. The summed E-state index contributed by atoms with van der Waals surface area (Å²) in [6, 6.07) is 0. The minimum Gasteiger partial charge on any atom is -0.466 e. The van der Waals surface area contributed by atoms with Gasteiger partial charge in [0.1, 0.15) is 5.60 Å². The molecule has 2 atom stereocenters. The summed E-state index contributed by atoms with van der Waals surface area (Å²) in [7, 11) is 4.51. The highest BCUT2D eigenvalue weighted by molar-refractivity contribution is 5.71. The van der Waals surface area contributed by atoms with Gasteiger partial charge in [0, 0.05) is 34.2 Å². The highest BCUT2D eigenvalue weighted by Crippen LogP contribution is 2.45. The number of rotatable bonds is 8. The number of hydrogen-bond acceptors (Lipinski definition) is 7. The van der Waals surface area contributed by atoms with E-state index in [4.69, 9.17) is 23.7 Å². The van der Waals surface area contributed by atoms with Crippen molar-refractivity contribution in [2.45, 2.75) is 63.3 Å². The van der Waals surface area contributed by atoms with Gasteiger partial charge < -0.3 is 28.8 Å². The van der Waals surface area contributed by atoms with Gasteiger partial charge in [-0.25, -0.2) is 0 Å². The first-order valence-corrected chi connectivity index (χ1v) is 7.37. The van der Waals surface area contributed by atoms with Gasteiger partial charge in [0.2, 0.25) is 0 Å². The molecule has 1 aliphatic carbocycles. The minimum atomic E-state index is -1.45. The first-order chi connectivity index (χ1) is 10.2. The van der Waals surface area contributed by atoms with Crippen molar-refractivity contribution >= 4 is 5.97 Å². The van der Waals surface area contributed by atoms with Crippen molar-refractivity contribution in [2.24, 2.45) is 0 Å². The van der Waals surface area contributed by atoms with Crippen LogP contribution in [0.1, 0.15) is 40.0 Å². The number of carbonyl (C=O) groups is 1. The second-order valence-electron chi connectivity index (χ2n) is 6.00. The zero-order chi connectivity index (χ0) is 17.0. The second kappa shape index (κ2) is 7.23. The molecule has 0 amide bonds. The smallest absolute Gasteiger partial charge is 0.308 e. The summed E-state index contributed by atoms with van der Waals surface area (Å²) in [6.07, 6.45) is -0.495. The van der Waals surface area contributed by atoms with Gasteiger partial charge >= 0.3 is 5.97 Å². The summed E-state index contributed by atoms with van der Waals surface area (Å²) in [5.74, 6) is -2.41. The fourth-order valence-electron chi connectivity index (χ4n) is 2.70. The summed E-state index contributed by atoms with van der Waals surface area (Å²) in [6.45, 7) is 5.44. The van der Waals surface area contributed by atoms with Crippen LogP contribution >= 0.6 is 0 Å². The first-order valence-electron chi connectivity index (χ1n) is 7.37. The molecular formula is C15H28O7. The molecule has 0 saturated heterocycles. The molecule has 0 radical (unpaired) electrons. The maximum Gasteiger partial charge on any atom is 0.308 e. The number of carbonyl (C=O) groups excluding carboxylic acids is 1. The van der Waals surface area contributed by atoms with Crippen molar-refractivity contribution < 1.29 is 33.6 Å². The SMILES string of the molecule is CCOC(=O)C[C@]1(O)CC(OC)(OC)C[C@H]1OC(C)(C)OC. The fraction of sp³-hybridized carbons (Fsp3) is 0.933. The van der Waals surface area contributed by atoms with E-state index in [0.717, 1.165) is 0 Å². The Balaban J connectivity index is 2.99. The van der Waals surface area contributed by atoms with E-state index in [-0.39, 0.29) is 25.9 Å². The minimum absolute atomic E-state index is 0.107. The standard InChI is InChI=1S/C15H28O7/c1-7-21-12(16)9-14(17)10-15(19-5,20-6)8-11(14)22-13(2,3)18-4/h11,17H,7-10H2,1-6H3/t11-,14+/m1/s1. The molecule has 1 saturated carbocycles. The molecule has 1 aliphatic rings. The Labute approximate surface area is 131 Å². The summed E-state index contributed by atoms with van der Waals surface area (Å²) in [5, 5.41) is 11.0. The Bertz CT molecular complexity index is 378. The van der Waals surface area contributed by atoms with Crippen molar-refractivity contribution in [2.75, 3.05) is 27.9 Å². The lowest BCUT2D eigenvalue weighted by Crippen LogP contribution is -2.46. The van der Waals surface area contributed by atoms with Gasteiger partial charge in [-0.05, 0) is 20.8 Å². The van der Waals surface area contributed by atoms with Gasteiger partial charge in [0.05, 0.1) is 19.1 Å². The van der Waals surface area contributed by atoms with E-state index in [1.54, 1.807) is 20.8 Å². The lowest BCUT2D eigenvalue weighted by atomic mass is 9.95. The van der Waals surface area contributed by atoms with Crippen molar-refractivity contribution in [1.82, 2.24) is 0 Å². The lowest BCUT2D eigenvalue weighted by molar-refractivity contribution is -0.255. The number of methoxy groups -OCH3 is 3. The zero-order valence-electron chi connectivity index (χ0n) is 14.3. The molecule has 0 aromatic heterocycles. The van der Waals surface area contributed by atoms with Crippen LogP contribution in [0, 0.1) is 0 Å². The van der Waals surface area contributed by atoms with E-state index in [0.29, 0.717) is 0 Å². The van der Waals surface area contributed by atoms with Gasteiger partial charge in [0.15, 0.2) is 11.6 Å². The predicted octanol–water partition coefficient (Wildman–Crippen LogP) is 1.22. The summed E-state index contributed by atoms with van der Waals surface area (Å²) >= 11 is 0. The third-order valence-corrected chi connectivity index (χ3v) is 4.09. The molecule has 0 aromatic rings. The number of aliphatic hydroxyl groups is 1. The molecule has 0 aliphatic heterocycles. The highest BCUT2D eigenvalue weighted by atomic mass is 16.7. The average Bonchev–Trinajstić information content (AvgIpc) is 2.72. The van der Waals surface area contributed by atoms with Crippen molar-refractivity contribution in [3.63, 3.8) is 0 Å². The van der Waals surface area contributed by atoms with Crippen LogP contribution in [-0.4, -0.2) is 62.3 Å². The molecule has 0 spiro atoms. The quantitative estimate of drug-likeness (QED) is 0.532. The Kier molecular flexibility index (Phi) is 6.35. The number of ether oxygens (including phenoxy) is 5. The van der Waals surface area contributed by atoms with Crippen molar-refractivity contribution in [3.05, 3.63) is 0 Å². The molecule has 0 heterocycles. The summed E-state index contributed by atoms with van der Waals surface area (Å²) in [5.41, 5.74) is -1.45. The molecule has 7 nitrogen and oxygen atoms in total. The van der Waals surface area contributed by atoms with Crippen LogP contribution in [0.5, 0.6) is 0 Å². The van der Waals surface area contributed by atoms with E-state index < -0.39 is 29.2 Å². The van der Waals surface area contributed by atoms with E-state index in [2.05, 4.69) is 0 Å². The molecule has 1 N–H and O–H groups in total. The van der Waals surface area contributed by atoms with Crippen molar-refractivity contribution in [3.8, 4) is 0 Å². The molecule has 130 valence electrons. The maximum absolute atomic E-state index is 11.8. The fourth-order valence-corrected chi connectivity index (χ4v) is 2.70. The maximum atomic E-state index is 11.8. The van der Waals surface area contributed by atoms with E-state index in [1.165, 1.54) is 21.3 Å². The average molecular weight is 320 g/mol. The van der Waals surface area contributed by atoms with Gasteiger partial charge in [-0.2, -0.15) is 0 Å². The van der Waals surface area contributed by atoms with Crippen LogP contribution in [0.2, 0.25) is 0 Å². The van der Waals surface area contributed by atoms with E-state index >= 15 is 0 Å². The molecule has 0 bridgehead atoms. The molecule has 0 aromatic carbocycles. The van der Waals surface area contributed by atoms with Gasteiger partial charge in [-0.15, -0.1) is 0 Å². The van der Waals surface area contributed by atoms with Crippen LogP contribution < -0.4 is 0 Å². The number of hydrogen-bond donors (Lipinski definition) is 1. The van der Waals surface area contributed by atoms with Gasteiger partial charge in [0.25, 0.3) is 0 Å². The summed E-state index contributed by atoms with van der Waals surface area (Å²) in [4.78, 5) is 11.8.